The molecule has 0 amide bonds. The summed E-state index contributed by atoms with van der Waals surface area (Å²) in [5, 5.41) is 4.84. The first kappa shape index (κ1) is 11.4. The first-order valence-corrected chi connectivity index (χ1v) is 8.45. The first-order valence-electron chi connectivity index (χ1n) is 7.64. The Kier molecular flexibility index (Phi) is 2.09. The lowest BCUT2D eigenvalue weighted by atomic mass is 10.0. The number of rotatable bonds is 2. The lowest BCUT2D eigenvalue weighted by Gasteiger charge is -2.13. The largest absolute Gasteiger partial charge is 0.397 e. The van der Waals surface area contributed by atoms with Crippen molar-refractivity contribution >= 4 is 32.9 Å². The molecule has 1 aromatic carbocycles. The van der Waals surface area contributed by atoms with Gasteiger partial charge in [0, 0.05) is 6.04 Å². The van der Waals surface area contributed by atoms with Gasteiger partial charge < -0.3 is 11.1 Å². The van der Waals surface area contributed by atoms with Gasteiger partial charge >= 0.3 is 0 Å². The quantitative estimate of drug-likeness (QED) is 0.828. The predicted molar refractivity (Wildman–Crippen MR) is 84.0 cm³/mol. The summed E-state index contributed by atoms with van der Waals surface area (Å²) in [6, 6.07) is 4.90. The number of nitrogen functional groups attached to an aromatic ring is 1. The molecule has 3 saturated carbocycles. The Morgan fingerprint density at radius 1 is 1.25 bits per heavy atom. The number of anilines is 2. The van der Waals surface area contributed by atoms with Crippen molar-refractivity contribution in [3.8, 4) is 0 Å². The minimum absolute atomic E-state index is 0.681. The lowest BCUT2D eigenvalue weighted by Crippen LogP contribution is -2.13. The number of hydrogen-bond acceptors (Lipinski definition) is 4. The van der Waals surface area contributed by atoms with Crippen LogP contribution >= 0.6 is 11.3 Å². The van der Waals surface area contributed by atoms with E-state index in [0.29, 0.717) is 6.04 Å². The SMILES string of the molecule is Cc1nc2cc(NC3C4C5CCC(C5)C34)c(N)cc2s1. The Labute approximate surface area is 122 Å². The van der Waals surface area contributed by atoms with Crippen molar-refractivity contribution in [2.24, 2.45) is 23.7 Å². The van der Waals surface area contributed by atoms with Gasteiger partial charge in [-0.05, 0) is 62.0 Å². The van der Waals surface area contributed by atoms with Crippen LogP contribution in [0.2, 0.25) is 0 Å². The van der Waals surface area contributed by atoms with Crippen molar-refractivity contribution in [1.29, 1.82) is 0 Å². The molecule has 20 heavy (non-hydrogen) atoms. The lowest BCUT2D eigenvalue weighted by molar-refractivity contribution is 0.456. The van der Waals surface area contributed by atoms with Crippen molar-refractivity contribution in [2.45, 2.75) is 32.2 Å². The van der Waals surface area contributed by atoms with Gasteiger partial charge in [0.05, 0.1) is 26.6 Å². The third-order valence-corrected chi connectivity index (χ3v) is 6.66. The molecule has 5 rings (SSSR count). The van der Waals surface area contributed by atoms with Crippen LogP contribution in [-0.4, -0.2) is 11.0 Å². The molecule has 4 atom stereocenters. The summed E-state index contributed by atoms with van der Waals surface area (Å²) in [5.41, 5.74) is 9.28. The highest BCUT2D eigenvalue weighted by Gasteiger charge is 2.65. The van der Waals surface area contributed by atoms with E-state index in [2.05, 4.69) is 29.4 Å². The fraction of sp³-hybridized carbons (Fsp3) is 0.562. The third kappa shape index (κ3) is 1.43. The summed E-state index contributed by atoms with van der Waals surface area (Å²) >= 11 is 1.72. The topological polar surface area (TPSA) is 50.9 Å². The Hall–Kier alpha value is -1.29. The molecular weight excluding hydrogens is 266 g/mol. The molecule has 0 spiro atoms. The number of aromatic nitrogens is 1. The Balaban J connectivity index is 1.46. The predicted octanol–water partition coefficient (Wildman–Crippen LogP) is 3.64. The zero-order valence-corrected chi connectivity index (χ0v) is 12.4. The molecule has 3 nitrogen and oxygen atoms in total. The normalized spacial score (nSPS) is 37.4. The average molecular weight is 285 g/mol. The number of nitrogens with two attached hydrogens (primary N) is 1. The highest BCUT2D eigenvalue weighted by molar-refractivity contribution is 7.18. The van der Waals surface area contributed by atoms with Crippen LogP contribution in [0.5, 0.6) is 0 Å². The van der Waals surface area contributed by atoms with E-state index in [9.17, 15) is 0 Å². The summed E-state index contributed by atoms with van der Waals surface area (Å²) in [6.45, 7) is 2.05. The first-order chi connectivity index (χ1) is 9.70. The van der Waals surface area contributed by atoms with Crippen LogP contribution in [0.4, 0.5) is 11.4 Å². The minimum Gasteiger partial charge on any atom is -0.397 e. The zero-order chi connectivity index (χ0) is 13.4. The van der Waals surface area contributed by atoms with Crippen molar-refractivity contribution in [3.63, 3.8) is 0 Å². The Morgan fingerprint density at radius 2 is 2.00 bits per heavy atom. The number of nitrogens with zero attached hydrogens (tertiary/aromatic N) is 1. The van der Waals surface area contributed by atoms with Crippen molar-refractivity contribution in [1.82, 2.24) is 4.98 Å². The number of aryl methyl sites for hydroxylation is 1. The fourth-order valence-corrected chi connectivity index (χ4v) is 5.79. The number of fused-ring (bicyclic) bond motifs is 6. The summed E-state index contributed by atoms with van der Waals surface area (Å²) in [6.07, 6.45) is 4.42. The van der Waals surface area contributed by atoms with E-state index in [1.54, 1.807) is 11.3 Å². The molecule has 0 saturated heterocycles. The third-order valence-electron chi connectivity index (χ3n) is 5.72. The molecule has 0 aliphatic heterocycles. The molecule has 3 aliphatic rings. The molecule has 3 fully saturated rings. The van der Waals surface area contributed by atoms with Crippen LogP contribution in [-0.2, 0) is 0 Å². The van der Waals surface area contributed by atoms with Crippen LogP contribution in [0.15, 0.2) is 12.1 Å². The number of hydrogen-bond donors (Lipinski definition) is 2. The molecule has 2 aromatic rings. The maximum absolute atomic E-state index is 6.22. The van der Waals surface area contributed by atoms with Gasteiger partial charge in [0.2, 0.25) is 0 Å². The number of thiazole rings is 1. The average Bonchev–Trinajstić information content (AvgIpc) is 2.78. The van der Waals surface area contributed by atoms with Gasteiger partial charge in [-0.2, -0.15) is 0 Å². The monoisotopic (exact) mass is 285 g/mol. The van der Waals surface area contributed by atoms with Crippen LogP contribution in [0.3, 0.4) is 0 Å². The summed E-state index contributed by atoms with van der Waals surface area (Å²) in [5.74, 6) is 3.85. The van der Waals surface area contributed by atoms with E-state index >= 15 is 0 Å². The second-order valence-corrected chi connectivity index (χ2v) is 8.03. The molecule has 1 aromatic heterocycles. The molecule has 1 heterocycles. The Bertz CT molecular complexity index is 691. The smallest absolute Gasteiger partial charge is 0.0907 e. The summed E-state index contributed by atoms with van der Waals surface area (Å²) in [4.78, 5) is 4.58. The molecular formula is C16H19N3S. The van der Waals surface area contributed by atoms with Crippen LogP contribution in [0.1, 0.15) is 24.3 Å². The van der Waals surface area contributed by atoms with E-state index in [-0.39, 0.29) is 0 Å². The molecule has 0 radical (unpaired) electrons. The second kappa shape index (κ2) is 3.67. The summed E-state index contributed by atoms with van der Waals surface area (Å²) < 4.78 is 1.20. The van der Waals surface area contributed by atoms with Crippen LogP contribution in [0.25, 0.3) is 10.2 Å². The maximum Gasteiger partial charge on any atom is 0.0907 e. The highest BCUT2D eigenvalue weighted by atomic mass is 32.1. The van der Waals surface area contributed by atoms with Gasteiger partial charge in [-0.3, -0.25) is 0 Å². The summed E-state index contributed by atoms with van der Waals surface area (Å²) in [7, 11) is 0. The van der Waals surface area contributed by atoms with Crippen LogP contribution < -0.4 is 11.1 Å². The molecule has 104 valence electrons. The number of nitrogens with one attached hydrogen (secondary N) is 1. The van der Waals surface area contributed by atoms with Crippen LogP contribution in [0, 0.1) is 30.6 Å². The van der Waals surface area contributed by atoms with Gasteiger partial charge in [-0.25, -0.2) is 4.98 Å². The molecule has 3 aliphatic carbocycles. The molecule has 3 N–H and O–H groups in total. The maximum atomic E-state index is 6.22. The van der Waals surface area contributed by atoms with E-state index in [1.807, 2.05) is 0 Å². The van der Waals surface area contributed by atoms with E-state index in [4.69, 9.17) is 5.73 Å². The Morgan fingerprint density at radius 3 is 2.75 bits per heavy atom. The standard InChI is InChI=1S/C16H19N3S/c1-7-18-12-6-11(10(17)5-13(12)20-7)19-16-14-8-2-3-9(4-8)15(14)16/h5-6,8-9,14-16,19H,2-4,17H2,1H3. The van der Waals surface area contributed by atoms with Gasteiger partial charge in [0.15, 0.2) is 0 Å². The van der Waals surface area contributed by atoms with Gasteiger partial charge in [-0.1, -0.05) is 0 Å². The van der Waals surface area contributed by atoms with Crippen molar-refractivity contribution < 1.29 is 0 Å². The van der Waals surface area contributed by atoms with Gasteiger partial charge in [-0.15, -0.1) is 11.3 Å². The fourth-order valence-electron chi connectivity index (χ4n) is 4.93. The van der Waals surface area contributed by atoms with E-state index in [1.165, 1.54) is 24.0 Å². The van der Waals surface area contributed by atoms with Crippen molar-refractivity contribution in [3.05, 3.63) is 17.1 Å². The molecule has 4 heteroatoms. The highest BCUT2D eigenvalue weighted by Crippen LogP contribution is 2.66. The van der Waals surface area contributed by atoms with Crippen molar-refractivity contribution in [2.75, 3.05) is 11.1 Å². The second-order valence-electron chi connectivity index (χ2n) is 6.80. The molecule has 4 unspecified atom stereocenters. The number of benzene rings is 1. The zero-order valence-electron chi connectivity index (χ0n) is 11.6. The molecule has 2 bridgehead atoms. The van der Waals surface area contributed by atoms with Gasteiger partial charge in [0.1, 0.15) is 0 Å². The van der Waals surface area contributed by atoms with Gasteiger partial charge in [0.25, 0.3) is 0 Å². The van der Waals surface area contributed by atoms with E-state index < -0.39 is 0 Å². The van der Waals surface area contributed by atoms with E-state index in [0.717, 1.165) is 45.6 Å². The minimum atomic E-state index is 0.681.